The van der Waals surface area contributed by atoms with E-state index in [9.17, 15) is 9.90 Å². The standard InChI is InChI=1S/C22H24N4O2/c1-16-23-20(18-7-3-2-4-8-18)21(24-16)22(28)26-12-10-25(11-13-26)19-9-5-6-17(14-19)15-27/h2-9,14,27H,10-13,15H2,1H3,(H,23,24). The fraction of sp³-hybridized carbons (Fsp3) is 0.273. The highest BCUT2D eigenvalue weighted by Crippen LogP contribution is 2.24. The summed E-state index contributed by atoms with van der Waals surface area (Å²) in [5.41, 5.74) is 4.19. The van der Waals surface area contributed by atoms with Crippen molar-refractivity contribution in [2.45, 2.75) is 13.5 Å². The van der Waals surface area contributed by atoms with Crippen LogP contribution in [0.25, 0.3) is 11.3 Å². The van der Waals surface area contributed by atoms with E-state index in [0.29, 0.717) is 24.5 Å². The molecule has 3 aromatic rings. The van der Waals surface area contributed by atoms with Gasteiger partial charge in [-0.05, 0) is 24.6 Å². The molecule has 1 aromatic heterocycles. The van der Waals surface area contributed by atoms with Crippen molar-refractivity contribution in [3.8, 4) is 11.3 Å². The van der Waals surface area contributed by atoms with Gasteiger partial charge >= 0.3 is 0 Å². The minimum absolute atomic E-state index is 0.0109. The number of aliphatic hydroxyl groups is 1. The van der Waals surface area contributed by atoms with E-state index in [0.717, 1.165) is 35.7 Å². The first-order valence-electron chi connectivity index (χ1n) is 9.52. The molecule has 0 aliphatic carbocycles. The molecule has 0 bridgehead atoms. The maximum Gasteiger partial charge on any atom is 0.272 e. The molecule has 0 radical (unpaired) electrons. The van der Waals surface area contributed by atoms with Crippen molar-refractivity contribution in [3.05, 3.63) is 71.7 Å². The maximum atomic E-state index is 13.2. The second-order valence-corrected chi connectivity index (χ2v) is 7.02. The molecule has 1 aliphatic rings. The summed E-state index contributed by atoms with van der Waals surface area (Å²) >= 11 is 0. The Morgan fingerprint density at radius 1 is 1.07 bits per heavy atom. The van der Waals surface area contributed by atoms with Gasteiger partial charge in [-0.3, -0.25) is 4.79 Å². The molecule has 0 saturated carbocycles. The molecule has 4 rings (SSSR count). The number of hydrogen-bond donors (Lipinski definition) is 2. The molecule has 0 atom stereocenters. The lowest BCUT2D eigenvalue weighted by atomic mass is 10.1. The molecule has 0 unspecified atom stereocenters. The third-order valence-electron chi connectivity index (χ3n) is 5.11. The number of nitrogens with zero attached hydrogens (tertiary/aromatic N) is 3. The Bertz CT molecular complexity index is 960. The van der Waals surface area contributed by atoms with Crippen LogP contribution in [0.3, 0.4) is 0 Å². The van der Waals surface area contributed by atoms with Crippen molar-refractivity contribution in [2.75, 3.05) is 31.1 Å². The van der Waals surface area contributed by atoms with Gasteiger partial charge in [0.15, 0.2) is 0 Å². The molecule has 1 amide bonds. The maximum absolute atomic E-state index is 13.2. The van der Waals surface area contributed by atoms with Crippen LogP contribution in [-0.4, -0.2) is 52.1 Å². The van der Waals surface area contributed by atoms with Crippen molar-refractivity contribution < 1.29 is 9.90 Å². The molecule has 1 saturated heterocycles. The van der Waals surface area contributed by atoms with Crippen molar-refractivity contribution in [1.82, 2.24) is 14.9 Å². The summed E-state index contributed by atoms with van der Waals surface area (Å²) in [6.07, 6.45) is 0. The molecule has 144 valence electrons. The number of piperazine rings is 1. The summed E-state index contributed by atoms with van der Waals surface area (Å²) in [5.74, 6) is 0.727. The third kappa shape index (κ3) is 3.64. The smallest absolute Gasteiger partial charge is 0.272 e. The number of benzene rings is 2. The topological polar surface area (TPSA) is 72.5 Å². The van der Waals surface area contributed by atoms with Gasteiger partial charge in [0.05, 0.1) is 6.61 Å². The van der Waals surface area contributed by atoms with Gasteiger partial charge in [0.2, 0.25) is 0 Å². The van der Waals surface area contributed by atoms with Gasteiger partial charge in [-0.2, -0.15) is 0 Å². The Labute approximate surface area is 164 Å². The van der Waals surface area contributed by atoms with Crippen LogP contribution in [0.4, 0.5) is 5.69 Å². The third-order valence-corrected chi connectivity index (χ3v) is 5.11. The number of aliphatic hydroxyl groups excluding tert-OH is 1. The Morgan fingerprint density at radius 2 is 1.82 bits per heavy atom. The van der Waals surface area contributed by atoms with Crippen molar-refractivity contribution in [3.63, 3.8) is 0 Å². The van der Waals surface area contributed by atoms with E-state index in [1.54, 1.807) is 0 Å². The Morgan fingerprint density at radius 3 is 2.54 bits per heavy atom. The monoisotopic (exact) mass is 376 g/mol. The van der Waals surface area contributed by atoms with Crippen molar-refractivity contribution in [1.29, 1.82) is 0 Å². The molecule has 6 heteroatoms. The number of anilines is 1. The summed E-state index contributed by atoms with van der Waals surface area (Å²) in [5, 5.41) is 9.34. The Balaban J connectivity index is 1.49. The number of amides is 1. The zero-order valence-electron chi connectivity index (χ0n) is 15.9. The van der Waals surface area contributed by atoms with Crippen LogP contribution < -0.4 is 4.90 Å². The van der Waals surface area contributed by atoms with Crippen LogP contribution in [0.5, 0.6) is 0 Å². The van der Waals surface area contributed by atoms with E-state index in [1.165, 1.54) is 0 Å². The van der Waals surface area contributed by atoms with Crippen LogP contribution in [-0.2, 0) is 6.61 Å². The number of aromatic nitrogens is 2. The van der Waals surface area contributed by atoms with E-state index < -0.39 is 0 Å². The first kappa shape index (κ1) is 18.3. The average molecular weight is 376 g/mol. The minimum atomic E-state index is -0.0109. The molecular formula is C22H24N4O2. The van der Waals surface area contributed by atoms with Crippen molar-refractivity contribution in [2.24, 2.45) is 0 Å². The lowest BCUT2D eigenvalue weighted by Crippen LogP contribution is -2.49. The quantitative estimate of drug-likeness (QED) is 0.734. The molecule has 2 aromatic carbocycles. The summed E-state index contributed by atoms with van der Waals surface area (Å²) < 4.78 is 0. The second-order valence-electron chi connectivity index (χ2n) is 7.02. The first-order chi connectivity index (χ1) is 13.7. The highest BCUT2D eigenvalue weighted by atomic mass is 16.3. The first-order valence-corrected chi connectivity index (χ1v) is 9.52. The normalized spacial score (nSPS) is 14.4. The SMILES string of the molecule is Cc1nc(-c2ccccc2)c(C(=O)N2CCN(c3cccc(CO)c3)CC2)[nH]1. The lowest BCUT2D eigenvalue weighted by Gasteiger charge is -2.36. The number of imidazole rings is 1. The Kier molecular flexibility index (Phi) is 5.12. The van der Waals surface area contributed by atoms with Gasteiger partial charge < -0.3 is 19.9 Å². The zero-order chi connectivity index (χ0) is 19.5. The number of carbonyl (C=O) groups is 1. The Hall–Kier alpha value is -3.12. The lowest BCUT2D eigenvalue weighted by molar-refractivity contribution is 0.0742. The predicted molar refractivity (Wildman–Crippen MR) is 109 cm³/mol. The fourth-order valence-corrected chi connectivity index (χ4v) is 3.63. The van der Waals surface area contributed by atoms with Crippen LogP contribution in [0, 0.1) is 6.92 Å². The number of nitrogens with one attached hydrogen (secondary N) is 1. The molecule has 6 nitrogen and oxygen atoms in total. The van der Waals surface area contributed by atoms with Gasteiger partial charge in [-0.1, -0.05) is 42.5 Å². The van der Waals surface area contributed by atoms with Crippen LogP contribution in [0.2, 0.25) is 0 Å². The van der Waals surface area contributed by atoms with E-state index in [1.807, 2.05) is 66.4 Å². The number of carbonyl (C=O) groups excluding carboxylic acids is 1. The van der Waals surface area contributed by atoms with Gasteiger partial charge in [-0.25, -0.2) is 4.98 Å². The van der Waals surface area contributed by atoms with E-state index in [4.69, 9.17) is 0 Å². The summed E-state index contributed by atoms with van der Waals surface area (Å²) in [7, 11) is 0. The van der Waals surface area contributed by atoms with Gasteiger partial charge in [0.1, 0.15) is 17.2 Å². The predicted octanol–water partition coefficient (Wildman–Crippen LogP) is 2.84. The molecule has 0 spiro atoms. The average Bonchev–Trinajstić information content (AvgIpc) is 3.15. The number of H-pyrrole nitrogens is 1. The van der Waals surface area contributed by atoms with Gasteiger partial charge in [0.25, 0.3) is 5.91 Å². The second kappa shape index (κ2) is 7.86. The molecule has 28 heavy (non-hydrogen) atoms. The molecular weight excluding hydrogens is 352 g/mol. The van der Waals surface area contributed by atoms with E-state index in [2.05, 4.69) is 14.9 Å². The largest absolute Gasteiger partial charge is 0.392 e. The summed E-state index contributed by atoms with van der Waals surface area (Å²) in [4.78, 5) is 25.0. The number of hydrogen-bond acceptors (Lipinski definition) is 4. The number of aryl methyl sites for hydroxylation is 1. The van der Waals surface area contributed by atoms with E-state index in [-0.39, 0.29) is 12.5 Å². The van der Waals surface area contributed by atoms with Crippen LogP contribution in [0.1, 0.15) is 21.9 Å². The van der Waals surface area contributed by atoms with Crippen LogP contribution in [0.15, 0.2) is 54.6 Å². The highest BCUT2D eigenvalue weighted by molar-refractivity contribution is 5.98. The van der Waals surface area contributed by atoms with Gasteiger partial charge in [0, 0.05) is 37.4 Å². The number of rotatable bonds is 4. The van der Waals surface area contributed by atoms with E-state index >= 15 is 0 Å². The summed E-state index contributed by atoms with van der Waals surface area (Å²) in [6.45, 7) is 4.72. The zero-order valence-corrected chi connectivity index (χ0v) is 15.9. The highest BCUT2D eigenvalue weighted by Gasteiger charge is 2.26. The summed E-state index contributed by atoms with van der Waals surface area (Å²) in [6, 6.07) is 17.7. The fourth-order valence-electron chi connectivity index (χ4n) is 3.63. The number of aromatic amines is 1. The molecule has 1 fully saturated rings. The molecule has 1 aliphatic heterocycles. The minimum Gasteiger partial charge on any atom is -0.392 e. The van der Waals surface area contributed by atoms with Crippen molar-refractivity contribution >= 4 is 11.6 Å². The van der Waals surface area contributed by atoms with Gasteiger partial charge in [-0.15, -0.1) is 0 Å². The van der Waals surface area contributed by atoms with Crippen LogP contribution >= 0.6 is 0 Å². The molecule has 2 heterocycles. The molecule has 2 N–H and O–H groups in total.